The van der Waals surface area contributed by atoms with Crippen molar-refractivity contribution < 1.29 is 32.2 Å². The predicted molar refractivity (Wildman–Crippen MR) is 61.1 cm³/mol. The first-order valence-electron chi connectivity index (χ1n) is 5.39. The van der Waals surface area contributed by atoms with Crippen molar-refractivity contribution >= 4 is 5.97 Å². The topological polar surface area (TPSA) is 83.7 Å². The van der Waals surface area contributed by atoms with E-state index in [1.165, 1.54) is 13.3 Å². The van der Waals surface area contributed by atoms with Crippen molar-refractivity contribution in [3.05, 3.63) is 17.5 Å². The van der Waals surface area contributed by atoms with Gasteiger partial charge in [0.1, 0.15) is 5.75 Å². The molecule has 20 heavy (non-hydrogen) atoms. The molecule has 2 N–H and O–H groups in total. The highest BCUT2D eigenvalue weighted by Crippen LogP contribution is 2.34. The van der Waals surface area contributed by atoms with Crippen molar-refractivity contribution in [2.24, 2.45) is 5.73 Å². The molecule has 6 nitrogen and oxygen atoms in total. The Bertz CT molecular complexity index is 491. The Labute approximate surface area is 112 Å². The van der Waals surface area contributed by atoms with Gasteiger partial charge in [0.15, 0.2) is 5.75 Å². The molecule has 1 rings (SSSR count). The largest absolute Gasteiger partial charge is 0.573 e. The summed E-state index contributed by atoms with van der Waals surface area (Å²) in [5.41, 5.74) is 5.15. The zero-order valence-electron chi connectivity index (χ0n) is 10.8. The second kappa shape index (κ2) is 6.42. The van der Waals surface area contributed by atoms with Crippen LogP contribution in [0.2, 0.25) is 0 Å². The molecule has 0 fully saturated rings. The number of methoxy groups -OCH3 is 2. The fourth-order valence-electron chi connectivity index (χ4n) is 1.50. The second-order valence-electron chi connectivity index (χ2n) is 3.59. The summed E-state index contributed by atoms with van der Waals surface area (Å²) >= 11 is 0. The molecular weight excluding hydrogens is 281 g/mol. The number of carbonyl (C=O) groups excluding carboxylic acids is 1. The fourth-order valence-corrected chi connectivity index (χ4v) is 1.50. The number of hydrogen-bond acceptors (Lipinski definition) is 6. The van der Waals surface area contributed by atoms with Gasteiger partial charge in [0, 0.05) is 6.54 Å². The molecule has 0 unspecified atom stereocenters. The van der Waals surface area contributed by atoms with E-state index < -0.39 is 24.5 Å². The van der Waals surface area contributed by atoms with Crippen LogP contribution in [-0.4, -0.2) is 31.5 Å². The molecule has 0 spiro atoms. The molecule has 1 aromatic heterocycles. The number of aromatic nitrogens is 1. The van der Waals surface area contributed by atoms with Crippen molar-refractivity contribution in [3.8, 4) is 11.5 Å². The summed E-state index contributed by atoms with van der Waals surface area (Å²) in [4.78, 5) is 14.9. The van der Waals surface area contributed by atoms with Crippen molar-refractivity contribution in [1.82, 2.24) is 4.98 Å². The Morgan fingerprint density at radius 2 is 2.05 bits per heavy atom. The van der Waals surface area contributed by atoms with Crippen LogP contribution in [0.1, 0.15) is 11.3 Å². The number of esters is 1. The number of pyridine rings is 1. The molecule has 0 saturated heterocycles. The number of carbonyl (C=O) groups is 1. The van der Waals surface area contributed by atoms with Gasteiger partial charge in [0.25, 0.3) is 0 Å². The number of rotatable bonds is 5. The molecule has 0 atom stereocenters. The van der Waals surface area contributed by atoms with E-state index in [0.29, 0.717) is 0 Å². The normalized spacial score (nSPS) is 11.1. The molecule has 9 heteroatoms. The lowest BCUT2D eigenvalue weighted by molar-refractivity contribution is -0.275. The van der Waals surface area contributed by atoms with E-state index in [-0.39, 0.29) is 23.6 Å². The van der Waals surface area contributed by atoms with Crippen LogP contribution >= 0.6 is 0 Å². The van der Waals surface area contributed by atoms with Crippen LogP contribution in [0.4, 0.5) is 13.2 Å². The molecule has 0 bridgehead atoms. The monoisotopic (exact) mass is 294 g/mol. The molecule has 1 aromatic rings. The molecule has 0 radical (unpaired) electrons. The lowest BCUT2D eigenvalue weighted by Crippen LogP contribution is -2.21. The molecular formula is C11H13F3N2O4. The minimum Gasteiger partial charge on any atom is -0.495 e. The molecule has 0 aliphatic heterocycles. The Hall–Kier alpha value is -2.03. The first-order chi connectivity index (χ1) is 9.32. The number of ether oxygens (including phenoxy) is 3. The zero-order chi connectivity index (χ0) is 15.3. The third kappa shape index (κ3) is 3.98. The first-order valence-corrected chi connectivity index (χ1v) is 5.39. The number of halogens is 3. The van der Waals surface area contributed by atoms with E-state index in [1.807, 2.05) is 0 Å². The summed E-state index contributed by atoms with van der Waals surface area (Å²) in [5.74, 6) is -1.34. The van der Waals surface area contributed by atoms with Gasteiger partial charge in [-0.15, -0.1) is 13.2 Å². The van der Waals surface area contributed by atoms with Gasteiger partial charge in [-0.05, 0) is 0 Å². The van der Waals surface area contributed by atoms with Gasteiger partial charge in [-0.1, -0.05) is 0 Å². The molecule has 0 aromatic carbocycles. The molecule has 0 amide bonds. The molecule has 112 valence electrons. The Morgan fingerprint density at radius 1 is 1.40 bits per heavy atom. The van der Waals surface area contributed by atoms with Crippen LogP contribution in [0, 0.1) is 0 Å². The van der Waals surface area contributed by atoms with Crippen LogP contribution in [0.25, 0.3) is 0 Å². The highest BCUT2D eigenvalue weighted by atomic mass is 19.4. The lowest BCUT2D eigenvalue weighted by atomic mass is 10.1. The molecule has 0 saturated carbocycles. The molecule has 0 aliphatic carbocycles. The summed E-state index contributed by atoms with van der Waals surface area (Å²) in [5, 5.41) is 0. The summed E-state index contributed by atoms with van der Waals surface area (Å²) in [6, 6.07) is 0. The van der Waals surface area contributed by atoms with Gasteiger partial charge in [-0.2, -0.15) is 0 Å². The Balaban J connectivity index is 3.31. The smallest absolute Gasteiger partial charge is 0.495 e. The van der Waals surface area contributed by atoms with E-state index in [2.05, 4.69) is 14.5 Å². The van der Waals surface area contributed by atoms with E-state index in [0.717, 1.165) is 7.11 Å². The minimum atomic E-state index is -4.94. The first kappa shape index (κ1) is 16.0. The highest BCUT2D eigenvalue weighted by molar-refractivity contribution is 5.73. The van der Waals surface area contributed by atoms with Crippen molar-refractivity contribution in [3.63, 3.8) is 0 Å². The summed E-state index contributed by atoms with van der Waals surface area (Å²) in [7, 11) is 2.37. The van der Waals surface area contributed by atoms with Crippen LogP contribution in [0.3, 0.4) is 0 Å². The zero-order valence-corrected chi connectivity index (χ0v) is 10.8. The number of nitrogens with zero attached hydrogens (tertiary/aromatic N) is 1. The molecule has 0 aliphatic rings. The van der Waals surface area contributed by atoms with Gasteiger partial charge in [0.05, 0.1) is 38.1 Å². The van der Waals surface area contributed by atoms with Crippen LogP contribution < -0.4 is 15.2 Å². The van der Waals surface area contributed by atoms with Crippen LogP contribution in [0.15, 0.2) is 6.20 Å². The SMILES string of the molecule is COC(=O)Cc1ncc(OC)c(CN)c1OC(F)(F)F. The Morgan fingerprint density at radius 3 is 2.50 bits per heavy atom. The summed E-state index contributed by atoms with van der Waals surface area (Å²) < 4.78 is 50.5. The maximum atomic E-state index is 12.4. The van der Waals surface area contributed by atoms with Gasteiger partial charge in [-0.3, -0.25) is 9.78 Å². The van der Waals surface area contributed by atoms with Crippen LogP contribution in [-0.2, 0) is 22.5 Å². The summed E-state index contributed by atoms with van der Waals surface area (Å²) in [6.45, 7) is -0.273. The average Bonchev–Trinajstić information content (AvgIpc) is 2.38. The number of nitrogens with two attached hydrogens (primary N) is 1. The quantitative estimate of drug-likeness (QED) is 0.820. The molecule has 1 heterocycles. The van der Waals surface area contributed by atoms with Crippen molar-refractivity contribution in [1.29, 1.82) is 0 Å². The van der Waals surface area contributed by atoms with E-state index >= 15 is 0 Å². The van der Waals surface area contributed by atoms with Gasteiger partial charge >= 0.3 is 12.3 Å². The van der Waals surface area contributed by atoms with Crippen molar-refractivity contribution in [2.45, 2.75) is 19.3 Å². The van der Waals surface area contributed by atoms with E-state index in [9.17, 15) is 18.0 Å². The Kier molecular flexibility index (Phi) is 5.14. The number of hydrogen-bond donors (Lipinski definition) is 1. The highest BCUT2D eigenvalue weighted by Gasteiger charge is 2.34. The average molecular weight is 294 g/mol. The minimum absolute atomic E-state index is 0.0290. The lowest BCUT2D eigenvalue weighted by Gasteiger charge is -2.17. The van der Waals surface area contributed by atoms with E-state index in [1.54, 1.807) is 0 Å². The maximum absolute atomic E-state index is 12.4. The van der Waals surface area contributed by atoms with Gasteiger partial charge in [-0.25, -0.2) is 0 Å². The van der Waals surface area contributed by atoms with Crippen LogP contribution in [0.5, 0.6) is 11.5 Å². The predicted octanol–water partition coefficient (Wildman–Crippen LogP) is 1.16. The van der Waals surface area contributed by atoms with Gasteiger partial charge < -0.3 is 19.9 Å². The van der Waals surface area contributed by atoms with Gasteiger partial charge in [0.2, 0.25) is 0 Å². The number of alkyl halides is 3. The second-order valence-corrected chi connectivity index (χ2v) is 3.59. The standard InChI is InChI=1S/C11H13F3N2O4/c1-18-8-5-16-7(3-9(17)19-2)10(6(8)4-15)20-11(12,13)14/h5H,3-4,15H2,1-2H3. The fraction of sp³-hybridized carbons (Fsp3) is 0.455. The maximum Gasteiger partial charge on any atom is 0.573 e. The van der Waals surface area contributed by atoms with Crippen molar-refractivity contribution in [2.75, 3.05) is 14.2 Å². The summed E-state index contributed by atoms with van der Waals surface area (Å²) in [6.07, 6.45) is -4.24. The van der Waals surface area contributed by atoms with E-state index in [4.69, 9.17) is 10.5 Å². The third-order valence-electron chi connectivity index (χ3n) is 2.35. The third-order valence-corrected chi connectivity index (χ3v) is 2.35.